The number of aliphatic hydroxyl groups excluding tert-OH is 1. The van der Waals surface area contributed by atoms with Crippen LogP contribution in [0.25, 0.3) is 0 Å². The van der Waals surface area contributed by atoms with E-state index in [1.54, 1.807) is 6.92 Å². The number of hydrogen-bond donors (Lipinski definition) is 2. The van der Waals surface area contributed by atoms with Crippen LogP contribution >= 0.6 is 0 Å². The molecular formula is C15H23F2NO. The Labute approximate surface area is 113 Å². The van der Waals surface area contributed by atoms with E-state index < -0.39 is 11.6 Å². The summed E-state index contributed by atoms with van der Waals surface area (Å²) in [5, 5.41) is 12.0. The van der Waals surface area contributed by atoms with E-state index in [2.05, 4.69) is 19.2 Å². The number of aliphatic hydroxyl groups is 1. The smallest absolute Gasteiger partial charge is 0.130 e. The van der Waals surface area contributed by atoms with Crippen LogP contribution in [-0.2, 0) is 0 Å². The second-order valence-corrected chi connectivity index (χ2v) is 5.73. The highest BCUT2D eigenvalue weighted by molar-refractivity contribution is 5.22. The van der Waals surface area contributed by atoms with Crippen LogP contribution in [0.15, 0.2) is 18.2 Å². The fourth-order valence-corrected chi connectivity index (χ4v) is 2.10. The Hall–Kier alpha value is -1.00. The Balaban J connectivity index is 2.63. The van der Waals surface area contributed by atoms with Crippen LogP contribution in [0.5, 0.6) is 0 Å². The molecule has 1 rings (SSSR count). The molecule has 0 saturated heterocycles. The SMILES string of the molecule is CC(NCC(C)(C)CCCO)c1c(F)cccc1F. The summed E-state index contributed by atoms with van der Waals surface area (Å²) in [6, 6.07) is 3.53. The number of benzene rings is 1. The van der Waals surface area contributed by atoms with Gasteiger partial charge in [-0.25, -0.2) is 8.78 Å². The van der Waals surface area contributed by atoms with Crippen LogP contribution in [0, 0.1) is 17.0 Å². The lowest BCUT2D eigenvalue weighted by Crippen LogP contribution is -2.32. The minimum Gasteiger partial charge on any atom is -0.396 e. The van der Waals surface area contributed by atoms with Gasteiger partial charge >= 0.3 is 0 Å². The summed E-state index contributed by atoms with van der Waals surface area (Å²) in [4.78, 5) is 0. The van der Waals surface area contributed by atoms with E-state index in [1.165, 1.54) is 18.2 Å². The van der Waals surface area contributed by atoms with Gasteiger partial charge in [0, 0.05) is 24.8 Å². The Morgan fingerprint density at radius 1 is 1.26 bits per heavy atom. The zero-order chi connectivity index (χ0) is 14.5. The summed E-state index contributed by atoms with van der Waals surface area (Å²) in [5.41, 5.74) is 0.0686. The Morgan fingerprint density at radius 3 is 2.37 bits per heavy atom. The summed E-state index contributed by atoms with van der Waals surface area (Å²) >= 11 is 0. The van der Waals surface area contributed by atoms with E-state index in [4.69, 9.17) is 5.11 Å². The molecule has 0 saturated carbocycles. The molecule has 0 bridgehead atoms. The third-order valence-electron chi connectivity index (χ3n) is 3.33. The molecule has 0 aliphatic rings. The molecule has 19 heavy (non-hydrogen) atoms. The van der Waals surface area contributed by atoms with Crippen LogP contribution in [0.2, 0.25) is 0 Å². The van der Waals surface area contributed by atoms with Crippen molar-refractivity contribution < 1.29 is 13.9 Å². The fraction of sp³-hybridized carbons (Fsp3) is 0.600. The Bertz CT molecular complexity index is 387. The van der Waals surface area contributed by atoms with Gasteiger partial charge in [0.15, 0.2) is 0 Å². The second kappa shape index (κ2) is 6.96. The maximum atomic E-state index is 13.6. The molecule has 0 radical (unpaired) electrons. The summed E-state index contributed by atoms with van der Waals surface area (Å²) < 4.78 is 27.2. The highest BCUT2D eigenvalue weighted by atomic mass is 19.1. The quantitative estimate of drug-likeness (QED) is 0.796. The van der Waals surface area contributed by atoms with Crippen molar-refractivity contribution in [2.24, 2.45) is 5.41 Å². The molecule has 1 aromatic carbocycles. The third-order valence-corrected chi connectivity index (χ3v) is 3.33. The molecule has 2 nitrogen and oxygen atoms in total. The van der Waals surface area contributed by atoms with E-state index in [0.29, 0.717) is 6.54 Å². The van der Waals surface area contributed by atoms with Crippen LogP contribution < -0.4 is 5.32 Å². The molecule has 0 amide bonds. The minimum atomic E-state index is -0.520. The van der Waals surface area contributed by atoms with Crippen molar-refractivity contribution >= 4 is 0 Å². The maximum absolute atomic E-state index is 13.6. The van der Waals surface area contributed by atoms with E-state index in [-0.39, 0.29) is 23.6 Å². The van der Waals surface area contributed by atoms with Crippen molar-refractivity contribution in [1.82, 2.24) is 5.32 Å². The first-order valence-corrected chi connectivity index (χ1v) is 6.65. The predicted molar refractivity (Wildman–Crippen MR) is 72.9 cm³/mol. The molecule has 108 valence electrons. The van der Waals surface area contributed by atoms with E-state index in [0.717, 1.165) is 12.8 Å². The van der Waals surface area contributed by atoms with E-state index in [1.807, 2.05) is 0 Å². The minimum absolute atomic E-state index is 0.0152. The molecule has 0 aliphatic heterocycles. The molecule has 1 atom stereocenters. The lowest BCUT2D eigenvalue weighted by Gasteiger charge is -2.27. The molecular weight excluding hydrogens is 248 g/mol. The molecule has 0 aliphatic carbocycles. The van der Waals surface area contributed by atoms with E-state index >= 15 is 0 Å². The van der Waals surface area contributed by atoms with Crippen LogP contribution in [0.3, 0.4) is 0 Å². The lowest BCUT2D eigenvalue weighted by atomic mass is 9.87. The highest BCUT2D eigenvalue weighted by Gasteiger charge is 2.21. The first kappa shape index (κ1) is 16.1. The first-order valence-electron chi connectivity index (χ1n) is 6.65. The Kier molecular flexibility index (Phi) is 5.88. The first-order chi connectivity index (χ1) is 8.87. The summed E-state index contributed by atoms with van der Waals surface area (Å²) in [6.07, 6.45) is 1.60. The predicted octanol–water partition coefficient (Wildman–Crippen LogP) is 3.41. The molecule has 0 aromatic heterocycles. The third kappa shape index (κ3) is 4.88. The summed E-state index contributed by atoms with van der Waals surface area (Å²) in [5.74, 6) is -1.04. The van der Waals surface area contributed by atoms with Gasteiger partial charge in [-0.2, -0.15) is 0 Å². The standard InChI is InChI=1S/C15H23F2NO/c1-11(14-12(16)6-4-7-13(14)17)18-10-15(2,3)8-5-9-19/h4,6-7,11,18-19H,5,8-10H2,1-3H3. The normalized spacial score (nSPS) is 13.6. The van der Waals surface area contributed by atoms with Gasteiger partial charge in [-0.1, -0.05) is 19.9 Å². The van der Waals surface area contributed by atoms with Gasteiger partial charge in [0.05, 0.1) is 0 Å². The highest BCUT2D eigenvalue weighted by Crippen LogP contribution is 2.24. The largest absolute Gasteiger partial charge is 0.396 e. The van der Waals surface area contributed by atoms with E-state index in [9.17, 15) is 8.78 Å². The van der Waals surface area contributed by atoms with Crippen molar-refractivity contribution in [3.05, 3.63) is 35.4 Å². The topological polar surface area (TPSA) is 32.3 Å². The number of rotatable bonds is 7. The molecule has 2 N–H and O–H groups in total. The zero-order valence-electron chi connectivity index (χ0n) is 11.8. The Morgan fingerprint density at radius 2 is 1.84 bits per heavy atom. The van der Waals surface area contributed by atoms with Gasteiger partial charge in [0.1, 0.15) is 11.6 Å². The second-order valence-electron chi connectivity index (χ2n) is 5.73. The van der Waals surface area contributed by atoms with Gasteiger partial charge in [-0.15, -0.1) is 0 Å². The number of halogens is 2. The van der Waals surface area contributed by atoms with Crippen molar-refractivity contribution in [2.45, 2.75) is 39.7 Å². The molecule has 0 spiro atoms. The summed E-state index contributed by atoms with van der Waals surface area (Å²) in [7, 11) is 0. The van der Waals surface area contributed by atoms with Crippen LogP contribution in [-0.4, -0.2) is 18.3 Å². The number of nitrogens with one attached hydrogen (secondary N) is 1. The molecule has 4 heteroatoms. The lowest BCUT2D eigenvalue weighted by molar-refractivity contribution is 0.232. The van der Waals surface area contributed by atoms with Crippen molar-refractivity contribution in [3.8, 4) is 0 Å². The fourth-order valence-electron chi connectivity index (χ4n) is 2.10. The van der Waals surface area contributed by atoms with Crippen LogP contribution in [0.4, 0.5) is 8.78 Å². The van der Waals surface area contributed by atoms with Gasteiger partial charge in [-0.05, 0) is 37.3 Å². The summed E-state index contributed by atoms with van der Waals surface area (Å²) in [6.45, 7) is 6.70. The van der Waals surface area contributed by atoms with Gasteiger partial charge in [0.25, 0.3) is 0 Å². The van der Waals surface area contributed by atoms with Gasteiger partial charge in [0.2, 0.25) is 0 Å². The maximum Gasteiger partial charge on any atom is 0.130 e. The van der Waals surface area contributed by atoms with Gasteiger partial charge in [-0.3, -0.25) is 0 Å². The number of hydrogen-bond acceptors (Lipinski definition) is 2. The van der Waals surface area contributed by atoms with Crippen molar-refractivity contribution in [1.29, 1.82) is 0 Å². The molecule has 1 aromatic rings. The average Bonchev–Trinajstić information content (AvgIpc) is 2.34. The molecule has 0 fully saturated rings. The van der Waals surface area contributed by atoms with Crippen molar-refractivity contribution in [3.63, 3.8) is 0 Å². The molecule has 0 heterocycles. The zero-order valence-corrected chi connectivity index (χ0v) is 11.8. The molecule has 1 unspecified atom stereocenters. The van der Waals surface area contributed by atoms with Crippen molar-refractivity contribution in [2.75, 3.05) is 13.2 Å². The van der Waals surface area contributed by atoms with Gasteiger partial charge < -0.3 is 10.4 Å². The van der Waals surface area contributed by atoms with Crippen LogP contribution in [0.1, 0.15) is 45.2 Å². The average molecular weight is 271 g/mol. The monoisotopic (exact) mass is 271 g/mol.